The van der Waals surface area contributed by atoms with Crippen molar-refractivity contribution in [2.24, 2.45) is 5.92 Å². The first-order chi connectivity index (χ1) is 9.10. The van der Waals surface area contributed by atoms with Gasteiger partial charge in [0.15, 0.2) is 0 Å². The van der Waals surface area contributed by atoms with Gasteiger partial charge >= 0.3 is 0 Å². The molecule has 1 amide bonds. The molecule has 0 spiro atoms. The van der Waals surface area contributed by atoms with E-state index in [0.29, 0.717) is 18.0 Å². The molecule has 0 aromatic rings. The molecule has 2 fully saturated rings. The van der Waals surface area contributed by atoms with Gasteiger partial charge in [-0.2, -0.15) is 0 Å². The van der Waals surface area contributed by atoms with Crippen LogP contribution in [0.15, 0.2) is 0 Å². The molecule has 1 saturated carbocycles. The lowest BCUT2D eigenvalue weighted by Gasteiger charge is -2.35. The summed E-state index contributed by atoms with van der Waals surface area (Å²) in [4.78, 5) is 14.4. The zero-order valence-corrected chi connectivity index (χ0v) is 12.6. The highest BCUT2D eigenvalue weighted by atomic mass is 16.2. The maximum atomic E-state index is 11.9. The Morgan fingerprint density at radius 3 is 2.37 bits per heavy atom. The minimum absolute atomic E-state index is 0.0696. The largest absolute Gasteiger partial charge is 0.352 e. The number of amides is 1. The third kappa shape index (κ3) is 4.46. The van der Waals surface area contributed by atoms with Crippen LogP contribution >= 0.6 is 0 Å². The maximum Gasteiger partial charge on any atom is 0.237 e. The van der Waals surface area contributed by atoms with Crippen molar-refractivity contribution < 1.29 is 4.79 Å². The first-order valence-electron chi connectivity index (χ1n) is 7.89. The van der Waals surface area contributed by atoms with Gasteiger partial charge in [0.25, 0.3) is 0 Å². The summed E-state index contributed by atoms with van der Waals surface area (Å²) in [7, 11) is 0. The first-order valence-corrected chi connectivity index (χ1v) is 7.89. The average Bonchev–Trinajstić information content (AvgIpc) is 3.22. The molecule has 19 heavy (non-hydrogen) atoms. The van der Waals surface area contributed by atoms with Crippen LogP contribution in [0.25, 0.3) is 0 Å². The molecule has 0 bridgehead atoms. The molecule has 1 aliphatic carbocycles. The van der Waals surface area contributed by atoms with Crippen molar-refractivity contribution in [2.45, 2.75) is 64.6 Å². The Balaban J connectivity index is 1.70. The fraction of sp³-hybridized carbons (Fsp3) is 0.933. The van der Waals surface area contributed by atoms with Crippen molar-refractivity contribution >= 4 is 5.91 Å². The van der Waals surface area contributed by atoms with Crippen molar-refractivity contribution in [2.75, 3.05) is 19.6 Å². The quantitative estimate of drug-likeness (QED) is 0.764. The van der Waals surface area contributed by atoms with Gasteiger partial charge < -0.3 is 15.5 Å². The average molecular weight is 267 g/mol. The smallest absolute Gasteiger partial charge is 0.237 e. The van der Waals surface area contributed by atoms with Gasteiger partial charge in [-0.05, 0) is 65.1 Å². The number of carbonyl (C=O) groups excluding carboxylic acids is 1. The van der Waals surface area contributed by atoms with Crippen LogP contribution < -0.4 is 10.6 Å². The zero-order valence-electron chi connectivity index (χ0n) is 12.6. The summed E-state index contributed by atoms with van der Waals surface area (Å²) in [5.41, 5.74) is 0. The van der Waals surface area contributed by atoms with Crippen LogP contribution in [0.2, 0.25) is 0 Å². The highest BCUT2D eigenvalue weighted by Gasteiger charge is 2.28. The molecule has 2 N–H and O–H groups in total. The second-order valence-electron chi connectivity index (χ2n) is 6.23. The van der Waals surface area contributed by atoms with E-state index in [4.69, 9.17) is 0 Å². The second kappa shape index (κ2) is 6.71. The number of carbonyl (C=O) groups is 1. The summed E-state index contributed by atoms with van der Waals surface area (Å²) in [5.74, 6) is 0.874. The standard InChI is InChI=1S/C15H29N3O/c1-4-18-9-7-13(8-10-18)11(2)16-12(3)15(19)17-14-5-6-14/h11-14,16H,4-10H2,1-3H3,(H,17,19). The van der Waals surface area contributed by atoms with Crippen molar-refractivity contribution in [1.82, 2.24) is 15.5 Å². The molecule has 2 unspecified atom stereocenters. The van der Waals surface area contributed by atoms with Crippen LogP contribution in [0.3, 0.4) is 0 Å². The second-order valence-corrected chi connectivity index (χ2v) is 6.23. The minimum Gasteiger partial charge on any atom is -0.352 e. The number of piperidine rings is 1. The van der Waals surface area contributed by atoms with Gasteiger partial charge in [0, 0.05) is 12.1 Å². The van der Waals surface area contributed by atoms with Crippen LogP contribution in [-0.4, -0.2) is 48.6 Å². The zero-order chi connectivity index (χ0) is 13.8. The van der Waals surface area contributed by atoms with E-state index in [1.165, 1.54) is 25.9 Å². The van der Waals surface area contributed by atoms with Gasteiger partial charge in [-0.3, -0.25) is 4.79 Å². The summed E-state index contributed by atoms with van der Waals surface area (Å²) in [6, 6.07) is 0.818. The number of likely N-dealkylation sites (tertiary alicyclic amines) is 1. The summed E-state index contributed by atoms with van der Waals surface area (Å²) in [6.45, 7) is 10.0. The number of rotatable bonds is 6. The Hall–Kier alpha value is -0.610. The molecular weight excluding hydrogens is 238 g/mol. The fourth-order valence-corrected chi connectivity index (χ4v) is 2.93. The lowest BCUT2D eigenvalue weighted by atomic mass is 9.90. The van der Waals surface area contributed by atoms with Crippen molar-refractivity contribution in [3.63, 3.8) is 0 Å². The van der Waals surface area contributed by atoms with E-state index >= 15 is 0 Å². The van der Waals surface area contributed by atoms with Crippen LogP contribution in [0.1, 0.15) is 46.5 Å². The molecule has 4 nitrogen and oxygen atoms in total. The van der Waals surface area contributed by atoms with E-state index in [9.17, 15) is 4.79 Å². The van der Waals surface area contributed by atoms with Gasteiger partial charge in [0.2, 0.25) is 5.91 Å². The van der Waals surface area contributed by atoms with E-state index in [-0.39, 0.29) is 11.9 Å². The summed E-state index contributed by atoms with van der Waals surface area (Å²) >= 11 is 0. The lowest BCUT2D eigenvalue weighted by Crippen LogP contribution is -2.50. The van der Waals surface area contributed by atoms with Crippen molar-refractivity contribution in [1.29, 1.82) is 0 Å². The van der Waals surface area contributed by atoms with Crippen LogP contribution in [0, 0.1) is 5.92 Å². The topological polar surface area (TPSA) is 44.4 Å². The molecule has 1 heterocycles. The third-order valence-electron chi connectivity index (χ3n) is 4.62. The van der Waals surface area contributed by atoms with Crippen LogP contribution in [-0.2, 0) is 4.79 Å². The lowest BCUT2D eigenvalue weighted by molar-refractivity contribution is -0.123. The van der Waals surface area contributed by atoms with Crippen LogP contribution in [0.5, 0.6) is 0 Å². The van der Waals surface area contributed by atoms with Gasteiger partial charge in [0.1, 0.15) is 0 Å². The monoisotopic (exact) mass is 267 g/mol. The third-order valence-corrected chi connectivity index (χ3v) is 4.62. The van der Waals surface area contributed by atoms with Gasteiger partial charge in [-0.1, -0.05) is 6.92 Å². The Kier molecular flexibility index (Phi) is 5.22. The molecule has 2 rings (SSSR count). The molecule has 0 aromatic carbocycles. The first kappa shape index (κ1) is 14.8. The van der Waals surface area contributed by atoms with E-state index in [2.05, 4.69) is 29.4 Å². The molecule has 0 radical (unpaired) electrons. The van der Waals surface area contributed by atoms with Gasteiger partial charge in [-0.25, -0.2) is 0 Å². The predicted molar refractivity (Wildman–Crippen MR) is 78.1 cm³/mol. The summed E-state index contributed by atoms with van der Waals surface area (Å²) in [6.07, 6.45) is 4.81. The molecule has 4 heteroatoms. The van der Waals surface area contributed by atoms with Crippen molar-refractivity contribution in [3.8, 4) is 0 Å². The number of hydrogen-bond donors (Lipinski definition) is 2. The fourth-order valence-electron chi connectivity index (χ4n) is 2.93. The SMILES string of the molecule is CCN1CCC(C(C)NC(C)C(=O)NC2CC2)CC1. The molecule has 110 valence electrons. The van der Waals surface area contributed by atoms with Gasteiger partial charge in [0.05, 0.1) is 6.04 Å². The molecule has 1 saturated heterocycles. The Morgan fingerprint density at radius 2 is 1.84 bits per heavy atom. The van der Waals surface area contributed by atoms with E-state index in [0.717, 1.165) is 19.4 Å². The minimum atomic E-state index is -0.0696. The van der Waals surface area contributed by atoms with E-state index < -0.39 is 0 Å². The van der Waals surface area contributed by atoms with E-state index in [1.807, 2.05) is 6.92 Å². The van der Waals surface area contributed by atoms with Gasteiger partial charge in [-0.15, -0.1) is 0 Å². The molecule has 2 aliphatic rings. The Labute approximate surface area is 117 Å². The van der Waals surface area contributed by atoms with Crippen molar-refractivity contribution in [3.05, 3.63) is 0 Å². The Morgan fingerprint density at radius 1 is 1.21 bits per heavy atom. The number of nitrogens with zero attached hydrogens (tertiary/aromatic N) is 1. The number of nitrogens with one attached hydrogen (secondary N) is 2. The molecule has 1 aliphatic heterocycles. The highest BCUT2D eigenvalue weighted by molar-refractivity contribution is 5.81. The normalized spacial score (nSPS) is 25.0. The highest BCUT2D eigenvalue weighted by Crippen LogP contribution is 2.21. The number of hydrogen-bond acceptors (Lipinski definition) is 3. The summed E-state index contributed by atoms with van der Waals surface area (Å²) in [5, 5.41) is 6.55. The predicted octanol–water partition coefficient (Wildman–Crippen LogP) is 1.36. The van der Waals surface area contributed by atoms with Crippen LogP contribution in [0.4, 0.5) is 0 Å². The van der Waals surface area contributed by atoms with E-state index in [1.54, 1.807) is 0 Å². The molecule has 2 atom stereocenters. The molecular formula is C15H29N3O. The molecule has 0 aromatic heterocycles. The Bertz CT molecular complexity index is 296. The summed E-state index contributed by atoms with van der Waals surface area (Å²) < 4.78 is 0. The maximum absolute atomic E-state index is 11.9.